The largest absolute Gasteiger partial charge is 0.334 e. The van der Waals surface area contributed by atoms with E-state index in [0.29, 0.717) is 29.6 Å². The maximum atomic E-state index is 12.8. The van der Waals surface area contributed by atoms with Crippen molar-refractivity contribution < 1.29 is 9.32 Å². The lowest BCUT2D eigenvalue weighted by Gasteiger charge is -2.25. The molecule has 0 saturated heterocycles. The van der Waals surface area contributed by atoms with Crippen molar-refractivity contribution in [3.8, 4) is 11.5 Å². The van der Waals surface area contributed by atoms with Gasteiger partial charge in [0.1, 0.15) is 5.78 Å². The summed E-state index contributed by atoms with van der Waals surface area (Å²) >= 11 is 7.65. The summed E-state index contributed by atoms with van der Waals surface area (Å²) < 4.78 is 5.49. The van der Waals surface area contributed by atoms with Crippen molar-refractivity contribution in [3.05, 3.63) is 56.0 Å². The van der Waals surface area contributed by atoms with Gasteiger partial charge in [-0.1, -0.05) is 35.8 Å². The van der Waals surface area contributed by atoms with E-state index in [1.807, 2.05) is 31.2 Å². The molecule has 7 heteroatoms. The van der Waals surface area contributed by atoms with Gasteiger partial charge in [0.2, 0.25) is 0 Å². The van der Waals surface area contributed by atoms with E-state index in [4.69, 9.17) is 16.1 Å². The summed E-state index contributed by atoms with van der Waals surface area (Å²) in [5, 5.41) is 4.64. The topological polar surface area (TPSA) is 59.2 Å². The Morgan fingerprint density at radius 3 is 2.75 bits per heavy atom. The second kappa shape index (κ2) is 8.15. The van der Waals surface area contributed by atoms with Crippen LogP contribution in [0.1, 0.15) is 33.6 Å². The molecule has 0 fully saturated rings. The highest BCUT2D eigenvalue weighted by molar-refractivity contribution is 7.12. The highest BCUT2D eigenvalue weighted by atomic mass is 35.5. The lowest BCUT2D eigenvalue weighted by Crippen LogP contribution is -2.29. The highest BCUT2D eigenvalue weighted by Gasteiger charge is 2.28. The number of halogens is 1. The first kappa shape index (κ1) is 19.3. The molecule has 0 radical (unpaired) electrons. The molecule has 3 aromatic rings. The molecule has 2 aromatic heterocycles. The molecule has 5 nitrogen and oxygen atoms in total. The number of Topliss-reactive ketones (excluding diaryl/α,β-unsaturated/α-hetero) is 1. The van der Waals surface area contributed by atoms with Gasteiger partial charge in [0, 0.05) is 40.7 Å². The molecule has 1 aromatic carbocycles. The monoisotopic (exact) mass is 415 g/mol. The zero-order valence-electron chi connectivity index (χ0n) is 16.0. The predicted molar refractivity (Wildman–Crippen MR) is 111 cm³/mol. The van der Waals surface area contributed by atoms with Gasteiger partial charge in [0.25, 0.3) is 5.89 Å². The van der Waals surface area contributed by atoms with E-state index < -0.39 is 0 Å². The molecule has 1 aliphatic heterocycles. The SMILES string of the molecule is CCN1CCc2c(sc(CC(=O)Cc3ccc(Cl)cc3)c2-c2nc(C)no2)C1. The van der Waals surface area contributed by atoms with Gasteiger partial charge in [-0.05, 0) is 43.1 Å². The van der Waals surface area contributed by atoms with Crippen molar-refractivity contribution in [1.82, 2.24) is 15.0 Å². The Bertz CT molecular complexity index is 994. The van der Waals surface area contributed by atoms with Crippen LogP contribution in [-0.2, 0) is 30.6 Å². The molecule has 28 heavy (non-hydrogen) atoms. The Balaban J connectivity index is 1.63. The van der Waals surface area contributed by atoms with Gasteiger partial charge >= 0.3 is 0 Å². The van der Waals surface area contributed by atoms with E-state index in [9.17, 15) is 4.79 Å². The van der Waals surface area contributed by atoms with Gasteiger partial charge in [-0.15, -0.1) is 11.3 Å². The van der Waals surface area contributed by atoms with Crippen LogP contribution in [0.15, 0.2) is 28.8 Å². The van der Waals surface area contributed by atoms with Crippen molar-refractivity contribution in [2.45, 2.75) is 39.7 Å². The molecule has 146 valence electrons. The molecule has 0 amide bonds. The average Bonchev–Trinajstić information content (AvgIpc) is 3.25. The Morgan fingerprint density at radius 2 is 2.07 bits per heavy atom. The standard InChI is InChI=1S/C21H22ClN3O2S/c1-3-25-9-8-17-19(12-25)28-18(20(17)21-23-13(2)24-27-21)11-16(26)10-14-4-6-15(22)7-5-14/h4-7H,3,8-12H2,1-2H3. The predicted octanol–water partition coefficient (Wildman–Crippen LogP) is 4.49. The second-order valence-electron chi connectivity index (χ2n) is 7.09. The third-order valence-electron chi connectivity index (χ3n) is 5.07. The fourth-order valence-electron chi connectivity index (χ4n) is 3.63. The number of carbonyl (C=O) groups is 1. The minimum absolute atomic E-state index is 0.172. The Hall–Kier alpha value is -2.02. The number of thiophene rings is 1. The van der Waals surface area contributed by atoms with E-state index in [1.165, 1.54) is 10.4 Å². The number of likely N-dealkylation sites (N-methyl/N-ethyl adjacent to an activating group) is 1. The van der Waals surface area contributed by atoms with Gasteiger partial charge in [0.05, 0.1) is 5.56 Å². The molecular weight excluding hydrogens is 394 g/mol. The van der Waals surface area contributed by atoms with E-state index in [2.05, 4.69) is 22.0 Å². The van der Waals surface area contributed by atoms with E-state index in [1.54, 1.807) is 11.3 Å². The first-order valence-corrected chi connectivity index (χ1v) is 10.7. The molecule has 0 atom stereocenters. The fourth-order valence-corrected chi connectivity index (χ4v) is 5.17. The minimum atomic E-state index is 0.172. The van der Waals surface area contributed by atoms with Crippen LogP contribution in [0.3, 0.4) is 0 Å². The normalized spacial score (nSPS) is 14.2. The van der Waals surface area contributed by atoms with Gasteiger partial charge < -0.3 is 4.52 Å². The van der Waals surface area contributed by atoms with Crippen molar-refractivity contribution in [2.24, 2.45) is 0 Å². The van der Waals surface area contributed by atoms with Crippen LogP contribution in [0.4, 0.5) is 0 Å². The van der Waals surface area contributed by atoms with Gasteiger partial charge in [-0.3, -0.25) is 9.69 Å². The number of fused-ring (bicyclic) bond motifs is 1. The number of aryl methyl sites for hydroxylation is 1. The first-order chi connectivity index (χ1) is 13.5. The first-order valence-electron chi connectivity index (χ1n) is 9.46. The molecule has 0 bridgehead atoms. The van der Waals surface area contributed by atoms with Crippen LogP contribution in [-0.4, -0.2) is 33.9 Å². The third kappa shape index (κ3) is 4.04. The molecule has 1 aliphatic rings. The fraction of sp³-hybridized carbons (Fsp3) is 0.381. The zero-order chi connectivity index (χ0) is 19.7. The maximum Gasteiger partial charge on any atom is 0.259 e. The summed E-state index contributed by atoms with van der Waals surface area (Å²) in [6, 6.07) is 7.45. The number of nitrogens with zero attached hydrogens (tertiary/aromatic N) is 3. The number of rotatable bonds is 6. The highest BCUT2D eigenvalue weighted by Crippen LogP contribution is 2.39. The van der Waals surface area contributed by atoms with E-state index in [-0.39, 0.29) is 5.78 Å². The van der Waals surface area contributed by atoms with Crippen LogP contribution >= 0.6 is 22.9 Å². The van der Waals surface area contributed by atoms with Crippen LogP contribution in [0.5, 0.6) is 0 Å². The summed E-state index contributed by atoms with van der Waals surface area (Å²) in [5.74, 6) is 1.32. The van der Waals surface area contributed by atoms with Crippen molar-refractivity contribution in [3.63, 3.8) is 0 Å². The minimum Gasteiger partial charge on any atom is -0.334 e. The van der Waals surface area contributed by atoms with Crippen molar-refractivity contribution in [2.75, 3.05) is 13.1 Å². The van der Waals surface area contributed by atoms with Crippen LogP contribution < -0.4 is 0 Å². The zero-order valence-corrected chi connectivity index (χ0v) is 17.6. The molecule has 0 aliphatic carbocycles. The lowest BCUT2D eigenvalue weighted by molar-refractivity contribution is -0.117. The third-order valence-corrected chi connectivity index (χ3v) is 6.54. The average molecular weight is 416 g/mol. The molecular formula is C21H22ClN3O2S. The second-order valence-corrected chi connectivity index (χ2v) is 8.71. The number of carbonyl (C=O) groups excluding carboxylic acids is 1. The summed E-state index contributed by atoms with van der Waals surface area (Å²) in [6.07, 6.45) is 1.72. The van der Waals surface area contributed by atoms with Crippen LogP contribution in [0.2, 0.25) is 5.02 Å². The Kier molecular flexibility index (Phi) is 5.62. The van der Waals surface area contributed by atoms with Gasteiger partial charge in [-0.2, -0.15) is 4.98 Å². The Morgan fingerprint density at radius 1 is 1.29 bits per heavy atom. The number of hydrogen-bond donors (Lipinski definition) is 0. The van der Waals surface area contributed by atoms with E-state index in [0.717, 1.165) is 42.1 Å². The number of aromatic nitrogens is 2. The summed E-state index contributed by atoms with van der Waals surface area (Å²) in [4.78, 5) is 22.0. The number of ketones is 1. The van der Waals surface area contributed by atoms with Crippen molar-refractivity contribution >= 4 is 28.7 Å². The van der Waals surface area contributed by atoms with Crippen LogP contribution in [0.25, 0.3) is 11.5 Å². The molecule has 0 unspecified atom stereocenters. The van der Waals surface area contributed by atoms with Gasteiger partial charge in [0.15, 0.2) is 5.82 Å². The smallest absolute Gasteiger partial charge is 0.259 e. The molecule has 0 saturated carbocycles. The maximum absolute atomic E-state index is 12.8. The quantitative estimate of drug-likeness (QED) is 0.593. The summed E-state index contributed by atoms with van der Waals surface area (Å²) in [5.41, 5.74) is 3.23. The lowest BCUT2D eigenvalue weighted by atomic mass is 9.98. The molecule has 0 spiro atoms. The molecule has 3 heterocycles. The number of benzene rings is 1. The summed E-state index contributed by atoms with van der Waals surface area (Å²) in [7, 11) is 0. The Labute approximate surface area is 173 Å². The van der Waals surface area contributed by atoms with Gasteiger partial charge in [-0.25, -0.2) is 0 Å². The van der Waals surface area contributed by atoms with Crippen molar-refractivity contribution in [1.29, 1.82) is 0 Å². The molecule has 4 rings (SSSR count). The number of hydrogen-bond acceptors (Lipinski definition) is 6. The van der Waals surface area contributed by atoms with E-state index >= 15 is 0 Å². The summed E-state index contributed by atoms with van der Waals surface area (Å²) in [6.45, 7) is 6.95. The molecule has 0 N–H and O–H groups in total. The van der Waals surface area contributed by atoms with Crippen LogP contribution in [0, 0.1) is 6.92 Å².